The van der Waals surface area contributed by atoms with Gasteiger partial charge in [-0.2, -0.15) is 13.2 Å². The van der Waals surface area contributed by atoms with Gasteiger partial charge >= 0.3 is 6.18 Å². The van der Waals surface area contributed by atoms with Crippen LogP contribution in [0, 0.1) is 5.92 Å². The number of rotatable bonds is 9. The number of nitrogens with one attached hydrogen (secondary N) is 1. The number of likely N-dealkylation sites (tertiary alicyclic amines) is 1. The first-order valence-corrected chi connectivity index (χ1v) is 14.4. The molecule has 2 aliphatic heterocycles. The number of piperidine rings is 1. The molecule has 0 radical (unpaired) electrons. The van der Waals surface area contributed by atoms with E-state index in [2.05, 4.69) is 10.2 Å². The molecular formula is C29H34F3N3O2S. The lowest BCUT2D eigenvalue weighted by Gasteiger charge is -2.30. The number of anilines is 1. The lowest BCUT2D eigenvalue weighted by molar-refractivity contribution is -0.139. The van der Waals surface area contributed by atoms with Crippen LogP contribution in [-0.4, -0.2) is 49.4 Å². The molecule has 3 fully saturated rings. The third-order valence-electron chi connectivity index (χ3n) is 7.72. The fraction of sp³-hybridized carbons (Fsp3) is 0.517. The van der Waals surface area contributed by atoms with Crippen molar-refractivity contribution in [2.75, 3.05) is 37.6 Å². The van der Waals surface area contributed by atoms with Gasteiger partial charge in [0.15, 0.2) is 0 Å². The molecule has 1 N–H and O–H groups in total. The van der Waals surface area contributed by atoms with E-state index >= 15 is 0 Å². The van der Waals surface area contributed by atoms with Crippen LogP contribution in [0.4, 0.5) is 18.9 Å². The van der Waals surface area contributed by atoms with E-state index in [1.165, 1.54) is 12.5 Å². The monoisotopic (exact) mass is 545 g/mol. The van der Waals surface area contributed by atoms with Crippen LogP contribution in [0.3, 0.4) is 0 Å². The molecule has 1 saturated carbocycles. The van der Waals surface area contributed by atoms with Gasteiger partial charge < -0.3 is 15.1 Å². The second kappa shape index (κ2) is 11.6. The Bertz CT molecular complexity index is 1170. The minimum absolute atomic E-state index is 0.120. The molecular weight excluding hydrogens is 511 g/mol. The van der Waals surface area contributed by atoms with Crippen LogP contribution in [-0.2, 0) is 15.8 Å². The normalized spacial score (nSPS) is 21.6. The van der Waals surface area contributed by atoms with Crippen molar-refractivity contribution < 1.29 is 22.8 Å². The Labute approximate surface area is 226 Å². The van der Waals surface area contributed by atoms with E-state index < -0.39 is 11.7 Å². The van der Waals surface area contributed by atoms with Gasteiger partial charge in [-0.25, -0.2) is 0 Å². The molecule has 2 amide bonds. The van der Waals surface area contributed by atoms with E-state index in [9.17, 15) is 22.8 Å². The van der Waals surface area contributed by atoms with Crippen molar-refractivity contribution in [1.82, 2.24) is 10.2 Å². The van der Waals surface area contributed by atoms with Crippen LogP contribution in [0.25, 0.3) is 0 Å². The third kappa shape index (κ3) is 6.30. The van der Waals surface area contributed by atoms with Crippen LogP contribution in [0.1, 0.15) is 62.0 Å². The summed E-state index contributed by atoms with van der Waals surface area (Å²) in [6.45, 7) is 3.71. The van der Waals surface area contributed by atoms with E-state index in [1.54, 1.807) is 12.1 Å². The van der Waals surface area contributed by atoms with Crippen LogP contribution in [0.2, 0.25) is 0 Å². The molecule has 0 bridgehead atoms. The molecule has 2 unspecified atom stereocenters. The number of benzene rings is 2. The van der Waals surface area contributed by atoms with Gasteiger partial charge in [0.2, 0.25) is 11.8 Å². The lowest BCUT2D eigenvalue weighted by Crippen LogP contribution is -2.31. The summed E-state index contributed by atoms with van der Waals surface area (Å²) in [4.78, 5) is 29.4. The van der Waals surface area contributed by atoms with Crippen molar-refractivity contribution in [3.8, 4) is 0 Å². The maximum Gasteiger partial charge on any atom is 0.417 e. The van der Waals surface area contributed by atoms with Crippen molar-refractivity contribution in [1.29, 1.82) is 0 Å². The summed E-state index contributed by atoms with van der Waals surface area (Å²) in [5.74, 6) is -0.459. The molecule has 38 heavy (non-hydrogen) atoms. The van der Waals surface area contributed by atoms with Gasteiger partial charge in [-0.05, 0) is 74.3 Å². The smallest absolute Gasteiger partial charge is 0.371 e. The standard InChI is InChI=1S/C29H34F3N3O2S/c30-29(31,32)23-18-20(21-19-22(21)28(37)33-13-7-17-35-16-6-10-27(35)36)11-12-25(23)38-26-9-3-2-8-24(26)34-14-4-1-5-15-34/h2-3,8-9,11-12,18,21-22H,1,4-7,10,13-17,19H2,(H,33,37). The number of alkyl halides is 3. The highest BCUT2D eigenvalue weighted by atomic mass is 32.2. The Hall–Kier alpha value is -2.68. The fourth-order valence-corrected chi connectivity index (χ4v) is 6.66. The van der Waals surface area contributed by atoms with Crippen LogP contribution in [0.15, 0.2) is 52.3 Å². The number of hydrogen-bond acceptors (Lipinski definition) is 4. The van der Waals surface area contributed by atoms with Gasteiger partial charge in [-0.15, -0.1) is 0 Å². The second-order valence-electron chi connectivity index (χ2n) is 10.4. The predicted molar refractivity (Wildman–Crippen MR) is 142 cm³/mol. The van der Waals surface area contributed by atoms with E-state index in [1.807, 2.05) is 29.2 Å². The van der Waals surface area contributed by atoms with Crippen molar-refractivity contribution in [2.24, 2.45) is 5.92 Å². The Morgan fingerprint density at radius 2 is 1.79 bits per heavy atom. The van der Waals surface area contributed by atoms with Crippen LogP contribution >= 0.6 is 11.8 Å². The largest absolute Gasteiger partial charge is 0.417 e. The molecule has 2 saturated heterocycles. The van der Waals surface area contributed by atoms with Gasteiger partial charge in [0.1, 0.15) is 0 Å². The maximum absolute atomic E-state index is 14.2. The molecule has 5 nitrogen and oxygen atoms in total. The summed E-state index contributed by atoms with van der Waals surface area (Å²) in [6, 6.07) is 12.2. The van der Waals surface area contributed by atoms with Crippen LogP contribution < -0.4 is 10.2 Å². The molecule has 9 heteroatoms. The molecule has 2 atom stereocenters. The molecule has 0 spiro atoms. The molecule has 1 aliphatic carbocycles. The van der Waals surface area contributed by atoms with E-state index in [0.29, 0.717) is 37.9 Å². The highest BCUT2D eigenvalue weighted by Crippen LogP contribution is 2.50. The van der Waals surface area contributed by atoms with Gasteiger partial charge in [0.25, 0.3) is 0 Å². The average molecular weight is 546 g/mol. The zero-order valence-corrected chi connectivity index (χ0v) is 22.3. The summed E-state index contributed by atoms with van der Waals surface area (Å²) in [6.07, 6.45) is 1.60. The van der Waals surface area contributed by atoms with E-state index in [-0.39, 0.29) is 28.5 Å². The molecule has 3 aliphatic rings. The maximum atomic E-state index is 14.2. The third-order valence-corrected chi connectivity index (χ3v) is 8.86. The topological polar surface area (TPSA) is 52.7 Å². The van der Waals surface area contributed by atoms with Gasteiger partial charge in [0, 0.05) is 54.9 Å². The van der Waals surface area contributed by atoms with Crippen molar-refractivity contribution in [2.45, 2.75) is 66.8 Å². The Morgan fingerprint density at radius 1 is 1.00 bits per heavy atom. The summed E-state index contributed by atoms with van der Waals surface area (Å²) >= 11 is 1.16. The number of amides is 2. The highest BCUT2D eigenvalue weighted by molar-refractivity contribution is 7.99. The minimum atomic E-state index is -4.49. The number of carbonyl (C=O) groups excluding carboxylic acids is 2. The first-order chi connectivity index (χ1) is 18.3. The van der Waals surface area contributed by atoms with Crippen molar-refractivity contribution in [3.63, 3.8) is 0 Å². The predicted octanol–water partition coefficient (Wildman–Crippen LogP) is 6.08. The molecule has 204 valence electrons. The van der Waals surface area contributed by atoms with Gasteiger partial charge in [-0.1, -0.05) is 30.0 Å². The lowest BCUT2D eigenvalue weighted by atomic mass is 10.0. The summed E-state index contributed by atoms with van der Waals surface area (Å²) < 4.78 is 42.5. The molecule has 2 heterocycles. The summed E-state index contributed by atoms with van der Waals surface area (Å²) in [5.41, 5.74) is 0.908. The molecule has 5 rings (SSSR count). The number of para-hydroxylation sites is 1. The molecule has 0 aromatic heterocycles. The van der Waals surface area contributed by atoms with E-state index in [0.717, 1.165) is 61.2 Å². The zero-order chi connectivity index (χ0) is 26.7. The quantitative estimate of drug-likeness (QED) is 0.388. The van der Waals surface area contributed by atoms with Crippen molar-refractivity contribution in [3.05, 3.63) is 53.6 Å². The summed E-state index contributed by atoms with van der Waals surface area (Å²) in [7, 11) is 0. The number of carbonyl (C=O) groups is 2. The first-order valence-electron chi connectivity index (χ1n) is 13.6. The Morgan fingerprint density at radius 3 is 2.53 bits per heavy atom. The van der Waals surface area contributed by atoms with Crippen LogP contribution in [0.5, 0.6) is 0 Å². The number of nitrogens with zero attached hydrogens (tertiary/aromatic N) is 2. The SMILES string of the molecule is O=C(NCCCN1CCCC1=O)C1CC1c1ccc(Sc2ccccc2N2CCCCC2)c(C(F)(F)F)c1. The Balaban J connectivity index is 1.23. The van der Waals surface area contributed by atoms with Gasteiger partial charge in [-0.3, -0.25) is 9.59 Å². The van der Waals surface area contributed by atoms with Gasteiger partial charge in [0.05, 0.1) is 11.3 Å². The number of hydrogen-bond donors (Lipinski definition) is 1. The fourth-order valence-electron chi connectivity index (χ4n) is 5.55. The summed E-state index contributed by atoms with van der Waals surface area (Å²) in [5, 5.41) is 2.90. The highest BCUT2D eigenvalue weighted by Gasteiger charge is 2.45. The number of halogens is 3. The molecule has 2 aromatic rings. The zero-order valence-electron chi connectivity index (χ0n) is 21.4. The average Bonchev–Trinajstić information content (AvgIpc) is 3.61. The Kier molecular flexibility index (Phi) is 8.21. The second-order valence-corrected chi connectivity index (χ2v) is 11.5. The van der Waals surface area contributed by atoms with Crippen molar-refractivity contribution >= 4 is 29.3 Å². The molecule has 2 aromatic carbocycles. The van der Waals surface area contributed by atoms with E-state index in [4.69, 9.17) is 0 Å². The first kappa shape index (κ1) is 26.9. The minimum Gasteiger partial charge on any atom is -0.371 e.